The Labute approximate surface area is 81.0 Å². The maximum Gasteiger partial charge on any atom is 0.0306 e. The van der Waals surface area contributed by atoms with Gasteiger partial charge in [-0.2, -0.15) is 0 Å². The van der Waals surface area contributed by atoms with Gasteiger partial charge in [-0.25, -0.2) is 0 Å². The summed E-state index contributed by atoms with van der Waals surface area (Å²) in [5, 5.41) is 3.27. The van der Waals surface area contributed by atoms with Crippen LogP contribution in [0.2, 0.25) is 0 Å². The van der Waals surface area contributed by atoms with Crippen molar-refractivity contribution in [2.75, 3.05) is 7.05 Å². The second kappa shape index (κ2) is 3.97. The predicted molar refractivity (Wildman–Crippen MR) is 57.1 cm³/mol. The molecule has 2 nitrogen and oxygen atoms in total. The number of hydrogen-bond acceptors (Lipinski definition) is 1. The molecular weight excluding hydrogens is 160 g/mol. The van der Waals surface area contributed by atoms with Gasteiger partial charge in [0.05, 0.1) is 0 Å². The number of rotatable bonds is 3. The Bertz CT molecular complexity index is 287. The summed E-state index contributed by atoms with van der Waals surface area (Å²) in [6, 6.07) is 2.73. The Hall–Kier alpha value is -0.760. The molecular formula is C11H20N2. The molecule has 13 heavy (non-hydrogen) atoms. The van der Waals surface area contributed by atoms with E-state index < -0.39 is 0 Å². The van der Waals surface area contributed by atoms with Gasteiger partial charge in [0.15, 0.2) is 0 Å². The third-order valence-electron chi connectivity index (χ3n) is 2.83. The largest absolute Gasteiger partial charge is 0.349 e. The van der Waals surface area contributed by atoms with Gasteiger partial charge >= 0.3 is 0 Å². The standard InChI is InChI=1S/C11H20N2/c1-6-13-8(2)7-11(10(13)4)9(3)12-5/h7,9,12H,6H2,1-5H3/t9-/m1/s1. The molecule has 0 fully saturated rings. The maximum absolute atomic E-state index is 3.27. The van der Waals surface area contributed by atoms with Gasteiger partial charge in [0, 0.05) is 24.0 Å². The van der Waals surface area contributed by atoms with E-state index in [-0.39, 0.29) is 0 Å². The maximum atomic E-state index is 3.27. The SMILES string of the molecule is CCn1c(C)cc([C@@H](C)NC)c1C. The number of aryl methyl sites for hydroxylation is 1. The van der Waals surface area contributed by atoms with Gasteiger partial charge in [-0.3, -0.25) is 0 Å². The molecule has 1 aromatic rings. The smallest absolute Gasteiger partial charge is 0.0306 e. The van der Waals surface area contributed by atoms with Crippen LogP contribution >= 0.6 is 0 Å². The summed E-state index contributed by atoms with van der Waals surface area (Å²) in [4.78, 5) is 0. The predicted octanol–water partition coefficient (Wildman–Crippen LogP) is 2.41. The van der Waals surface area contributed by atoms with Crippen molar-refractivity contribution >= 4 is 0 Å². The molecule has 0 saturated heterocycles. The summed E-state index contributed by atoms with van der Waals surface area (Å²) < 4.78 is 2.35. The average Bonchev–Trinajstić information content (AvgIpc) is 2.40. The van der Waals surface area contributed by atoms with E-state index in [1.165, 1.54) is 17.0 Å². The van der Waals surface area contributed by atoms with Crippen molar-refractivity contribution in [1.82, 2.24) is 9.88 Å². The lowest BCUT2D eigenvalue weighted by Crippen LogP contribution is -2.13. The van der Waals surface area contributed by atoms with Crippen molar-refractivity contribution in [3.8, 4) is 0 Å². The second-order valence-electron chi connectivity index (χ2n) is 3.58. The molecule has 0 aliphatic carbocycles. The van der Waals surface area contributed by atoms with Gasteiger partial charge < -0.3 is 9.88 Å². The molecule has 0 saturated carbocycles. The van der Waals surface area contributed by atoms with Gasteiger partial charge in [-0.15, -0.1) is 0 Å². The van der Waals surface area contributed by atoms with E-state index in [0.29, 0.717) is 6.04 Å². The lowest BCUT2D eigenvalue weighted by atomic mass is 10.1. The zero-order valence-corrected chi connectivity index (χ0v) is 9.31. The zero-order chi connectivity index (χ0) is 10.0. The molecule has 0 aliphatic heterocycles. The topological polar surface area (TPSA) is 17.0 Å². The summed E-state index contributed by atoms with van der Waals surface area (Å²) in [6.07, 6.45) is 0. The van der Waals surface area contributed by atoms with Gasteiger partial charge in [0.2, 0.25) is 0 Å². The van der Waals surface area contributed by atoms with E-state index in [1.54, 1.807) is 0 Å². The van der Waals surface area contributed by atoms with Crippen LogP contribution in [0.25, 0.3) is 0 Å². The quantitative estimate of drug-likeness (QED) is 0.756. The minimum Gasteiger partial charge on any atom is -0.349 e. The molecule has 0 radical (unpaired) electrons. The van der Waals surface area contributed by atoms with Gasteiger partial charge in [0.1, 0.15) is 0 Å². The minimum atomic E-state index is 0.450. The van der Waals surface area contributed by atoms with E-state index in [1.807, 2.05) is 7.05 Å². The Morgan fingerprint density at radius 1 is 1.46 bits per heavy atom. The third-order valence-corrected chi connectivity index (χ3v) is 2.83. The van der Waals surface area contributed by atoms with Gasteiger partial charge in [0.25, 0.3) is 0 Å². The first kappa shape index (κ1) is 10.3. The summed E-state index contributed by atoms with van der Waals surface area (Å²) in [5.74, 6) is 0. The molecule has 0 spiro atoms. The molecule has 0 aliphatic rings. The zero-order valence-electron chi connectivity index (χ0n) is 9.31. The van der Waals surface area contributed by atoms with Crippen molar-refractivity contribution in [2.45, 2.75) is 40.3 Å². The Balaban J connectivity index is 3.10. The molecule has 1 heterocycles. The molecule has 0 aromatic carbocycles. The molecule has 1 aromatic heterocycles. The first-order valence-electron chi connectivity index (χ1n) is 4.95. The van der Waals surface area contributed by atoms with E-state index in [2.05, 4.69) is 43.6 Å². The summed E-state index contributed by atoms with van der Waals surface area (Å²) >= 11 is 0. The van der Waals surface area contributed by atoms with Crippen LogP contribution in [0.1, 0.15) is 36.8 Å². The molecule has 2 heteroatoms. The van der Waals surface area contributed by atoms with E-state index >= 15 is 0 Å². The molecule has 0 unspecified atom stereocenters. The molecule has 0 bridgehead atoms. The lowest BCUT2D eigenvalue weighted by molar-refractivity contribution is 0.638. The number of nitrogens with zero attached hydrogens (tertiary/aromatic N) is 1. The Morgan fingerprint density at radius 2 is 2.08 bits per heavy atom. The highest BCUT2D eigenvalue weighted by molar-refractivity contribution is 5.29. The van der Waals surface area contributed by atoms with Gasteiger partial charge in [-0.05, 0) is 46.4 Å². The van der Waals surface area contributed by atoms with Crippen LogP contribution in [0.5, 0.6) is 0 Å². The van der Waals surface area contributed by atoms with Crippen molar-refractivity contribution in [1.29, 1.82) is 0 Å². The van der Waals surface area contributed by atoms with Crippen molar-refractivity contribution in [3.63, 3.8) is 0 Å². The monoisotopic (exact) mass is 180 g/mol. The van der Waals surface area contributed by atoms with E-state index in [4.69, 9.17) is 0 Å². The highest BCUT2D eigenvalue weighted by Crippen LogP contribution is 2.21. The second-order valence-corrected chi connectivity index (χ2v) is 3.58. The first-order chi connectivity index (χ1) is 6.11. The van der Waals surface area contributed by atoms with Gasteiger partial charge in [-0.1, -0.05) is 0 Å². The Kier molecular flexibility index (Phi) is 3.15. The van der Waals surface area contributed by atoms with Crippen molar-refractivity contribution in [3.05, 3.63) is 23.0 Å². The fourth-order valence-electron chi connectivity index (χ4n) is 1.91. The fraction of sp³-hybridized carbons (Fsp3) is 0.636. The average molecular weight is 180 g/mol. The number of hydrogen-bond donors (Lipinski definition) is 1. The number of nitrogens with one attached hydrogen (secondary N) is 1. The normalized spacial score (nSPS) is 13.3. The highest BCUT2D eigenvalue weighted by atomic mass is 15.0. The highest BCUT2D eigenvalue weighted by Gasteiger charge is 2.11. The van der Waals surface area contributed by atoms with Crippen LogP contribution in [0.3, 0.4) is 0 Å². The fourth-order valence-corrected chi connectivity index (χ4v) is 1.91. The Morgan fingerprint density at radius 3 is 2.46 bits per heavy atom. The molecule has 1 atom stereocenters. The summed E-state index contributed by atoms with van der Waals surface area (Å²) in [5.41, 5.74) is 4.17. The lowest BCUT2D eigenvalue weighted by Gasteiger charge is -2.11. The summed E-state index contributed by atoms with van der Waals surface area (Å²) in [7, 11) is 2.00. The van der Waals surface area contributed by atoms with Crippen LogP contribution in [-0.2, 0) is 6.54 Å². The van der Waals surface area contributed by atoms with Crippen LogP contribution < -0.4 is 5.32 Å². The molecule has 0 amide bonds. The molecule has 1 N–H and O–H groups in total. The van der Waals surface area contributed by atoms with Crippen molar-refractivity contribution in [2.24, 2.45) is 0 Å². The molecule has 74 valence electrons. The van der Waals surface area contributed by atoms with E-state index in [0.717, 1.165) is 6.54 Å². The van der Waals surface area contributed by atoms with Crippen LogP contribution in [0, 0.1) is 13.8 Å². The van der Waals surface area contributed by atoms with Crippen molar-refractivity contribution < 1.29 is 0 Å². The van der Waals surface area contributed by atoms with Crippen LogP contribution in [0.15, 0.2) is 6.07 Å². The van der Waals surface area contributed by atoms with Crippen LogP contribution in [0.4, 0.5) is 0 Å². The summed E-state index contributed by atoms with van der Waals surface area (Å²) in [6.45, 7) is 9.81. The minimum absolute atomic E-state index is 0.450. The van der Waals surface area contributed by atoms with Crippen LogP contribution in [-0.4, -0.2) is 11.6 Å². The number of aromatic nitrogens is 1. The molecule has 1 rings (SSSR count). The first-order valence-corrected chi connectivity index (χ1v) is 4.95. The van der Waals surface area contributed by atoms with E-state index in [9.17, 15) is 0 Å². The third kappa shape index (κ3) is 1.78.